The van der Waals surface area contributed by atoms with E-state index in [-0.39, 0.29) is 12.8 Å². The summed E-state index contributed by atoms with van der Waals surface area (Å²) in [4.78, 5) is 12.1. The molecule has 18 atom stereocenters. The summed E-state index contributed by atoms with van der Waals surface area (Å²) in [5.74, 6) is -0.934. The zero-order chi connectivity index (χ0) is 31.7. The number of likely N-dealkylation sites (N-methyl/N-ethyl adjacent to an activating group) is 1. The third kappa shape index (κ3) is 7.13. The van der Waals surface area contributed by atoms with Gasteiger partial charge in [-0.25, -0.2) is 0 Å². The highest BCUT2D eigenvalue weighted by molar-refractivity contribution is 5.81. The Labute approximate surface area is 247 Å². The summed E-state index contributed by atoms with van der Waals surface area (Å²) in [7, 11) is 1.51. The highest BCUT2D eigenvalue weighted by Gasteiger charge is 2.54. The van der Waals surface area contributed by atoms with Crippen LogP contribution in [0.15, 0.2) is 0 Å². The van der Waals surface area contributed by atoms with Crippen molar-refractivity contribution in [2.75, 3.05) is 20.2 Å². The minimum absolute atomic E-state index is 0.0936. The molecule has 1 aliphatic carbocycles. The molecule has 3 heterocycles. The van der Waals surface area contributed by atoms with Gasteiger partial charge in [-0.3, -0.25) is 4.79 Å². The summed E-state index contributed by atoms with van der Waals surface area (Å²) in [5, 5.41) is 78.0. The number of hydrogen-bond acceptors (Lipinski definition) is 18. The predicted octanol–water partition coefficient (Wildman–Crippen LogP) is -8.47. The van der Waals surface area contributed by atoms with Crippen LogP contribution in [0.5, 0.6) is 0 Å². The van der Waals surface area contributed by atoms with Crippen molar-refractivity contribution in [3.8, 4) is 0 Å². The molecule has 4 aliphatic rings. The van der Waals surface area contributed by atoms with E-state index in [1.54, 1.807) is 0 Å². The number of hydrogen-bond donors (Lipinski definition) is 13. The molecular formula is C24H46N6O13. The second-order valence-corrected chi connectivity index (χ2v) is 11.5. The number of ether oxygens (including phenoxy) is 5. The standard InChI is InChI=1S/C24H46N6O13/c1-29-13-16(35)20-10(3-8(28)22(42-20)41-19-7(27)2-6(26)14(33)17(19)36)39-23(13)43-24-18(37)15(34)12(11(5-31)40-24)30-21(38)9(32)4-25/h6-20,22-24,29,31-37H,2-5,25-28H2,1H3,(H,30,38)/t6-,7+,8-,9+,10+,11-,12-,13+,14+,15+,16-,17+,18-,19-,20+,22+,23-,24-/m1/s1. The second kappa shape index (κ2) is 14.5. The van der Waals surface area contributed by atoms with Crippen LogP contribution in [0.2, 0.25) is 0 Å². The van der Waals surface area contributed by atoms with Crippen LogP contribution in [-0.4, -0.2) is 172 Å². The molecule has 19 nitrogen and oxygen atoms in total. The molecule has 43 heavy (non-hydrogen) atoms. The Morgan fingerprint density at radius 1 is 0.837 bits per heavy atom. The van der Waals surface area contributed by atoms with E-state index in [4.69, 9.17) is 46.6 Å². The molecule has 4 fully saturated rings. The third-order valence-electron chi connectivity index (χ3n) is 8.52. The minimum Gasteiger partial charge on any atom is -0.394 e. The number of carbonyl (C=O) groups is 1. The van der Waals surface area contributed by atoms with E-state index in [9.17, 15) is 40.5 Å². The van der Waals surface area contributed by atoms with Crippen LogP contribution in [0.3, 0.4) is 0 Å². The van der Waals surface area contributed by atoms with Crippen molar-refractivity contribution >= 4 is 5.91 Å². The lowest BCUT2D eigenvalue weighted by atomic mass is 9.84. The normalized spacial score (nSPS) is 49.6. The Kier molecular flexibility index (Phi) is 11.7. The first-order valence-corrected chi connectivity index (χ1v) is 14.2. The summed E-state index contributed by atoms with van der Waals surface area (Å²) in [6.07, 6.45) is -16.8. The van der Waals surface area contributed by atoms with Gasteiger partial charge in [-0.05, 0) is 19.9 Å². The molecule has 0 unspecified atom stereocenters. The Bertz CT molecular complexity index is 925. The second-order valence-electron chi connectivity index (χ2n) is 11.5. The number of aliphatic hydroxyl groups is 7. The Morgan fingerprint density at radius 2 is 1.53 bits per heavy atom. The van der Waals surface area contributed by atoms with Gasteiger partial charge < -0.3 is 93.0 Å². The maximum Gasteiger partial charge on any atom is 0.250 e. The van der Waals surface area contributed by atoms with Gasteiger partial charge in [0.1, 0.15) is 48.8 Å². The molecule has 0 spiro atoms. The van der Waals surface area contributed by atoms with Gasteiger partial charge in [-0.1, -0.05) is 0 Å². The number of nitrogens with two attached hydrogens (primary N) is 4. The molecule has 4 rings (SSSR count). The van der Waals surface area contributed by atoms with Gasteiger partial charge in [0.25, 0.3) is 5.91 Å². The fourth-order valence-corrected chi connectivity index (χ4v) is 5.97. The lowest BCUT2D eigenvalue weighted by Crippen LogP contribution is -2.70. The summed E-state index contributed by atoms with van der Waals surface area (Å²) in [6.45, 7) is -1.09. The van der Waals surface area contributed by atoms with Crippen LogP contribution in [0.1, 0.15) is 12.8 Å². The SMILES string of the molecule is CN[C@@H]1[C@@H](O[C@H]2O[C@H](CO)[C@@H](NC(=O)[C@@H](O)CN)[C@H](O)[C@H]2O)O[C@H]2C[C@@H](N)[C@@H](O[C@H]3[C@@H](O)[C@@H](O)[C@H](N)C[C@@H]3N)O[C@@H]2[C@@H]1O. The van der Waals surface area contributed by atoms with Crippen LogP contribution in [-0.2, 0) is 28.5 Å². The molecule has 3 aliphatic heterocycles. The van der Waals surface area contributed by atoms with Crippen molar-refractivity contribution in [3.63, 3.8) is 0 Å². The molecule has 1 saturated carbocycles. The zero-order valence-corrected chi connectivity index (χ0v) is 23.6. The van der Waals surface area contributed by atoms with Crippen LogP contribution < -0.4 is 33.6 Å². The van der Waals surface area contributed by atoms with Crippen molar-refractivity contribution in [2.24, 2.45) is 22.9 Å². The molecular weight excluding hydrogens is 580 g/mol. The smallest absolute Gasteiger partial charge is 0.250 e. The van der Waals surface area contributed by atoms with E-state index in [0.29, 0.717) is 0 Å². The summed E-state index contributed by atoms with van der Waals surface area (Å²) >= 11 is 0. The average Bonchev–Trinajstić information content (AvgIpc) is 2.97. The maximum atomic E-state index is 12.1. The number of carbonyl (C=O) groups excluding carboxylic acids is 1. The number of amides is 1. The molecule has 0 aromatic heterocycles. The van der Waals surface area contributed by atoms with E-state index in [1.165, 1.54) is 7.05 Å². The van der Waals surface area contributed by atoms with Gasteiger partial charge in [-0.2, -0.15) is 0 Å². The summed E-state index contributed by atoms with van der Waals surface area (Å²) < 4.78 is 29.4. The van der Waals surface area contributed by atoms with Crippen molar-refractivity contribution in [2.45, 2.75) is 123 Å². The van der Waals surface area contributed by atoms with Crippen LogP contribution in [0, 0.1) is 0 Å². The number of nitrogens with one attached hydrogen (secondary N) is 2. The zero-order valence-electron chi connectivity index (χ0n) is 23.6. The first-order chi connectivity index (χ1) is 20.3. The molecule has 17 N–H and O–H groups in total. The van der Waals surface area contributed by atoms with Crippen molar-refractivity contribution < 1.29 is 64.2 Å². The number of aliphatic hydroxyl groups excluding tert-OH is 7. The van der Waals surface area contributed by atoms with Crippen LogP contribution >= 0.6 is 0 Å². The highest BCUT2D eigenvalue weighted by atomic mass is 16.8. The van der Waals surface area contributed by atoms with E-state index in [2.05, 4.69) is 10.6 Å². The molecule has 19 heteroatoms. The highest BCUT2D eigenvalue weighted by Crippen LogP contribution is 2.35. The molecule has 0 bridgehead atoms. The van der Waals surface area contributed by atoms with Gasteiger partial charge in [0, 0.05) is 18.6 Å². The molecule has 0 aromatic rings. The quantitative estimate of drug-likeness (QED) is 0.113. The fraction of sp³-hybridized carbons (Fsp3) is 0.958. The monoisotopic (exact) mass is 626 g/mol. The lowest BCUT2D eigenvalue weighted by molar-refractivity contribution is -0.373. The first-order valence-electron chi connectivity index (χ1n) is 14.2. The van der Waals surface area contributed by atoms with E-state index < -0.39 is 129 Å². The largest absolute Gasteiger partial charge is 0.394 e. The van der Waals surface area contributed by atoms with Crippen LogP contribution in [0.25, 0.3) is 0 Å². The first kappa shape index (κ1) is 34.7. The Hall–Kier alpha value is -1.21. The minimum atomic E-state index is -1.75. The molecule has 0 aromatic carbocycles. The molecule has 250 valence electrons. The average molecular weight is 627 g/mol. The lowest BCUT2D eigenvalue weighted by Gasteiger charge is -2.51. The van der Waals surface area contributed by atoms with E-state index in [1.807, 2.05) is 0 Å². The van der Waals surface area contributed by atoms with Crippen LogP contribution in [0.4, 0.5) is 0 Å². The number of fused-ring (bicyclic) bond motifs is 1. The third-order valence-corrected chi connectivity index (χ3v) is 8.52. The number of rotatable bonds is 9. The van der Waals surface area contributed by atoms with Gasteiger partial charge in [0.05, 0.1) is 36.9 Å². The van der Waals surface area contributed by atoms with Crippen molar-refractivity contribution in [1.29, 1.82) is 0 Å². The summed E-state index contributed by atoms with van der Waals surface area (Å²) in [5.41, 5.74) is 23.5. The fourth-order valence-electron chi connectivity index (χ4n) is 5.97. The van der Waals surface area contributed by atoms with Gasteiger partial charge in [-0.15, -0.1) is 0 Å². The predicted molar refractivity (Wildman–Crippen MR) is 142 cm³/mol. The summed E-state index contributed by atoms with van der Waals surface area (Å²) in [6, 6.07) is -4.55. The van der Waals surface area contributed by atoms with E-state index >= 15 is 0 Å². The maximum absolute atomic E-state index is 12.1. The molecule has 0 radical (unpaired) electrons. The topological polar surface area (TPSA) is 333 Å². The molecule has 3 saturated heterocycles. The molecule has 1 amide bonds. The van der Waals surface area contributed by atoms with Gasteiger partial charge >= 0.3 is 0 Å². The van der Waals surface area contributed by atoms with Gasteiger partial charge in [0.2, 0.25) is 0 Å². The van der Waals surface area contributed by atoms with Crippen molar-refractivity contribution in [1.82, 2.24) is 10.6 Å². The Morgan fingerprint density at radius 3 is 2.16 bits per heavy atom. The van der Waals surface area contributed by atoms with Gasteiger partial charge in [0.15, 0.2) is 18.9 Å². The Balaban J connectivity index is 1.42. The van der Waals surface area contributed by atoms with Crippen molar-refractivity contribution in [3.05, 3.63) is 0 Å². The van der Waals surface area contributed by atoms with E-state index in [0.717, 1.165) is 0 Å².